The minimum atomic E-state index is -0.727. The lowest BCUT2D eigenvalue weighted by Crippen LogP contribution is -2.29. The number of cyclic esters (lactones) is 1. The molecule has 1 saturated heterocycles. The second-order valence-electron chi connectivity index (χ2n) is 8.11. The fourth-order valence-corrected chi connectivity index (χ4v) is 4.98. The second-order valence-corrected chi connectivity index (χ2v) is 8.11. The third kappa shape index (κ3) is 3.30. The van der Waals surface area contributed by atoms with Crippen LogP contribution in [0.3, 0.4) is 0 Å². The highest BCUT2D eigenvalue weighted by Gasteiger charge is 2.47. The number of hydrogen-bond donors (Lipinski definition) is 0. The molecular formula is C24H24O9. The number of carbonyl (C=O) groups excluding carboxylic acids is 2. The second kappa shape index (κ2) is 8.06. The molecule has 0 bridgehead atoms. The van der Waals surface area contributed by atoms with Crippen LogP contribution in [0.5, 0.6) is 28.7 Å². The molecule has 9 heteroatoms. The van der Waals surface area contributed by atoms with Gasteiger partial charge >= 0.3 is 11.9 Å². The monoisotopic (exact) mass is 456 g/mol. The van der Waals surface area contributed by atoms with Crippen LogP contribution in [-0.4, -0.2) is 46.7 Å². The van der Waals surface area contributed by atoms with Crippen molar-refractivity contribution in [2.45, 2.75) is 19.4 Å². The van der Waals surface area contributed by atoms with Gasteiger partial charge in [-0.25, -0.2) is 0 Å². The lowest BCUT2D eigenvalue weighted by atomic mass is 9.76. The van der Waals surface area contributed by atoms with Crippen molar-refractivity contribution < 1.29 is 42.7 Å². The van der Waals surface area contributed by atoms with Crippen molar-refractivity contribution in [2.24, 2.45) is 11.8 Å². The molecule has 174 valence electrons. The van der Waals surface area contributed by atoms with E-state index < -0.39 is 18.0 Å². The Morgan fingerprint density at radius 1 is 0.970 bits per heavy atom. The molecule has 1 aliphatic carbocycles. The van der Waals surface area contributed by atoms with Crippen molar-refractivity contribution in [1.82, 2.24) is 0 Å². The van der Waals surface area contributed by atoms with Crippen molar-refractivity contribution in [1.29, 1.82) is 0 Å². The van der Waals surface area contributed by atoms with Gasteiger partial charge in [-0.05, 0) is 35.7 Å². The summed E-state index contributed by atoms with van der Waals surface area (Å²) in [6.07, 6.45) is -0.379. The Labute approximate surface area is 190 Å². The summed E-state index contributed by atoms with van der Waals surface area (Å²) in [4.78, 5) is 24.9. The summed E-state index contributed by atoms with van der Waals surface area (Å²) in [6.45, 7) is 1.58. The Morgan fingerprint density at radius 2 is 1.70 bits per heavy atom. The summed E-state index contributed by atoms with van der Waals surface area (Å²) in [5, 5.41) is 0. The van der Waals surface area contributed by atoms with Crippen LogP contribution in [-0.2, 0) is 25.5 Å². The Morgan fingerprint density at radius 3 is 2.36 bits per heavy atom. The number of benzene rings is 2. The molecule has 33 heavy (non-hydrogen) atoms. The standard InChI is InChI=1S/C24H24O9/c1-11(25)33-21-14-8-18-17(31-10-32-18)7-13(14)20-12(5-15-16(21)9-30-24(15)26)6-19(27-2)22(28-3)23(20)29-4/h6-8,15-16,21H,5,9-10H2,1-4H3/t15-,16+,21?/m1/s1. The highest BCUT2D eigenvalue weighted by atomic mass is 16.7. The van der Waals surface area contributed by atoms with Crippen LogP contribution in [0.2, 0.25) is 0 Å². The van der Waals surface area contributed by atoms with Crippen molar-refractivity contribution in [3.05, 3.63) is 29.3 Å². The predicted octanol–water partition coefficient (Wildman–Crippen LogP) is 3.06. The third-order valence-corrected chi connectivity index (χ3v) is 6.39. The SMILES string of the molecule is COc1cc2c(c(OC)c1OC)-c1cc3c(cc1C(OC(C)=O)[C@H]1COC(=O)[C@@H]1C2)OCO3. The molecule has 9 nitrogen and oxygen atoms in total. The number of hydrogen-bond acceptors (Lipinski definition) is 9. The Hall–Kier alpha value is -3.62. The molecule has 0 aromatic heterocycles. The molecule has 5 rings (SSSR count). The molecule has 3 aliphatic rings. The van der Waals surface area contributed by atoms with E-state index in [1.807, 2.05) is 12.1 Å². The maximum absolute atomic E-state index is 12.8. The van der Waals surface area contributed by atoms with Crippen LogP contribution < -0.4 is 23.7 Å². The number of carbonyl (C=O) groups is 2. The van der Waals surface area contributed by atoms with Gasteiger partial charge in [0.15, 0.2) is 23.0 Å². The topological polar surface area (TPSA) is 98.8 Å². The Balaban J connectivity index is 1.86. The van der Waals surface area contributed by atoms with Gasteiger partial charge in [0.05, 0.1) is 33.9 Å². The molecule has 1 unspecified atom stereocenters. The van der Waals surface area contributed by atoms with Crippen LogP contribution in [0.15, 0.2) is 18.2 Å². The summed E-state index contributed by atoms with van der Waals surface area (Å²) in [7, 11) is 4.61. The van der Waals surface area contributed by atoms with Gasteiger partial charge in [0.2, 0.25) is 12.5 Å². The average molecular weight is 456 g/mol. The maximum atomic E-state index is 12.8. The number of esters is 2. The van der Waals surface area contributed by atoms with Crippen LogP contribution in [0.1, 0.15) is 24.2 Å². The first-order chi connectivity index (χ1) is 16.0. The largest absolute Gasteiger partial charge is 0.493 e. The normalized spacial score (nSPS) is 22.2. The molecule has 0 radical (unpaired) electrons. The molecule has 0 saturated carbocycles. The molecule has 0 spiro atoms. The van der Waals surface area contributed by atoms with Crippen LogP contribution in [0.4, 0.5) is 0 Å². The summed E-state index contributed by atoms with van der Waals surface area (Å²) in [5.74, 6) is 0.764. The number of fused-ring (bicyclic) bond motifs is 5. The molecule has 0 amide bonds. The van der Waals surface area contributed by atoms with Gasteiger partial charge in [-0.3, -0.25) is 9.59 Å². The van der Waals surface area contributed by atoms with E-state index in [-0.39, 0.29) is 25.3 Å². The van der Waals surface area contributed by atoms with Gasteiger partial charge < -0.3 is 33.2 Å². The lowest BCUT2D eigenvalue weighted by molar-refractivity contribution is -0.150. The van der Waals surface area contributed by atoms with E-state index >= 15 is 0 Å². The first-order valence-electron chi connectivity index (χ1n) is 10.6. The van der Waals surface area contributed by atoms with Crippen molar-refractivity contribution in [3.63, 3.8) is 0 Å². The molecule has 2 heterocycles. The first-order valence-corrected chi connectivity index (χ1v) is 10.6. The molecular weight excluding hydrogens is 432 g/mol. The average Bonchev–Trinajstić information content (AvgIpc) is 3.40. The van der Waals surface area contributed by atoms with Crippen LogP contribution in [0, 0.1) is 11.8 Å². The summed E-state index contributed by atoms with van der Waals surface area (Å²) in [6, 6.07) is 5.50. The summed E-state index contributed by atoms with van der Waals surface area (Å²) >= 11 is 0. The van der Waals surface area contributed by atoms with Crippen molar-refractivity contribution in [3.8, 4) is 39.9 Å². The van der Waals surface area contributed by atoms with Gasteiger partial charge in [-0.2, -0.15) is 0 Å². The maximum Gasteiger partial charge on any atom is 0.309 e. The van der Waals surface area contributed by atoms with E-state index in [9.17, 15) is 9.59 Å². The fourth-order valence-electron chi connectivity index (χ4n) is 4.98. The molecule has 2 aliphatic heterocycles. The van der Waals surface area contributed by atoms with E-state index in [2.05, 4.69) is 0 Å². The van der Waals surface area contributed by atoms with Crippen molar-refractivity contribution in [2.75, 3.05) is 34.7 Å². The van der Waals surface area contributed by atoms with Gasteiger partial charge in [0.1, 0.15) is 6.10 Å². The zero-order chi connectivity index (χ0) is 23.3. The highest BCUT2D eigenvalue weighted by molar-refractivity contribution is 5.86. The Kier molecular flexibility index (Phi) is 5.19. The van der Waals surface area contributed by atoms with E-state index in [4.69, 9.17) is 33.2 Å². The molecule has 0 N–H and O–H groups in total. The quantitative estimate of drug-likeness (QED) is 0.643. The first kappa shape index (κ1) is 21.2. The van der Waals surface area contributed by atoms with Crippen LogP contribution >= 0.6 is 0 Å². The highest BCUT2D eigenvalue weighted by Crippen LogP contribution is 2.55. The zero-order valence-corrected chi connectivity index (χ0v) is 18.8. The molecule has 3 atom stereocenters. The Bertz CT molecular complexity index is 1140. The smallest absolute Gasteiger partial charge is 0.309 e. The van der Waals surface area contributed by atoms with Gasteiger partial charge in [0, 0.05) is 24.0 Å². The van der Waals surface area contributed by atoms with Gasteiger partial charge in [-0.1, -0.05) is 0 Å². The van der Waals surface area contributed by atoms with E-state index in [0.717, 1.165) is 11.1 Å². The van der Waals surface area contributed by atoms with Crippen molar-refractivity contribution >= 4 is 11.9 Å². The number of methoxy groups -OCH3 is 3. The minimum Gasteiger partial charge on any atom is -0.493 e. The fraction of sp³-hybridized carbons (Fsp3) is 0.417. The predicted molar refractivity (Wildman–Crippen MR) is 114 cm³/mol. The molecule has 2 aromatic rings. The molecule has 1 fully saturated rings. The van der Waals surface area contributed by atoms with E-state index in [1.165, 1.54) is 14.0 Å². The molecule has 2 aromatic carbocycles. The number of rotatable bonds is 4. The number of ether oxygens (including phenoxy) is 7. The zero-order valence-electron chi connectivity index (χ0n) is 18.8. The summed E-state index contributed by atoms with van der Waals surface area (Å²) in [5.41, 5.74) is 2.93. The summed E-state index contributed by atoms with van der Waals surface area (Å²) < 4.78 is 39.5. The van der Waals surface area contributed by atoms with E-state index in [0.29, 0.717) is 46.3 Å². The minimum absolute atomic E-state index is 0.0834. The van der Waals surface area contributed by atoms with Gasteiger partial charge in [-0.15, -0.1) is 0 Å². The van der Waals surface area contributed by atoms with E-state index in [1.54, 1.807) is 20.3 Å². The third-order valence-electron chi connectivity index (χ3n) is 6.39. The van der Waals surface area contributed by atoms with Gasteiger partial charge in [0.25, 0.3) is 0 Å². The lowest BCUT2D eigenvalue weighted by Gasteiger charge is -2.32. The van der Waals surface area contributed by atoms with Crippen LogP contribution in [0.25, 0.3) is 11.1 Å².